The lowest BCUT2D eigenvalue weighted by Gasteiger charge is -2.19. The van der Waals surface area contributed by atoms with Crippen molar-refractivity contribution in [2.24, 2.45) is 0 Å². The van der Waals surface area contributed by atoms with Crippen LogP contribution in [0.5, 0.6) is 11.5 Å². The van der Waals surface area contributed by atoms with Crippen LogP contribution in [0.3, 0.4) is 0 Å². The molecule has 1 N–H and O–H groups in total. The van der Waals surface area contributed by atoms with Crippen molar-refractivity contribution in [3.05, 3.63) is 76.5 Å². The van der Waals surface area contributed by atoms with Gasteiger partial charge in [-0.05, 0) is 55.8 Å². The van der Waals surface area contributed by atoms with Gasteiger partial charge in [0.2, 0.25) is 0 Å². The summed E-state index contributed by atoms with van der Waals surface area (Å²) in [4.78, 5) is 30.5. The summed E-state index contributed by atoms with van der Waals surface area (Å²) in [6, 6.07) is 14.2. The van der Waals surface area contributed by atoms with Crippen LogP contribution in [-0.2, 0) is 4.79 Å². The molecule has 0 amide bonds. The van der Waals surface area contributed by atoms with E-state index in [1.165, 1.54) is 35.4 Å². The highest BCUT2D eigenvalue weighted by molar-refractivity contribution is 7.22. The van der Waals surface area contributed by atoms with Crippen LogP contribution in [0.1, 0.15) is 20.8 Å². The number of aliphatic hydroxyl groups is 1. The first-order chi connectivity index (χ1) is 18.1. The molecule has 5 rings (SSSR count). The zero-order chi connectivity index (χ0) is 27.0. The summed E-state index contributed by atoms with van der Waals surface area (Å²) in [5, 5.41) is 14.8. The Kier molecular flexibility index (Phi) is 6.78. The molecular formula is C27H22ClN3O6S. The second-order valence-corrected chi connectivity index (χ2v) is 10.6. The molecule has 0 saturated carbocycles. The predicted molar refractivity (Wildman–Crippen MR) is 144 cm³/mol. The lowest BCUT2D eigenvalue weighted by atomic mass is 10.1. The van der Waals surface area contributed by atoms with Gasteiger partial charge in [-0.15, -0.1) is 11.3 Å². The van der Waals surface area contributed by atoms with Gasteiger partial charge in [0.05, 0.1) is 22.4 Å². The Balaban J connectivity index is 1.60. The van der Waals surface area contributed by atoms with Gasteiger partial charge in [0, 0.05) is 16.8 Å². The van der Waals surface area contributed by atoms with E-state index >= 15 is 0 Å². The van der Waals surface area contributed by atoms with Crippen molar-refractivity contribution >= 4 is 39.1 Å². The minimum absolute atomic E-state index is 0.0176. The Labute approximate surface area is 225 Å². The average Bonchev–Trinajstić information content (AvgIpc) is 3.50. The van der Waals surface area contributed by atoms with Crippen LogP contribution in [0.15, 0.2) is 70.4 Å². The maximum atomic E-state index is 13.5. The number of ether oxygens (including phenoxy) is 2. The van der Waals surface area contributed by atoms with Gasteiger partial charge >= 0.3 is 5.97 Å². The van der Waals surface area contributed by atoms with Gasteiger partial charge in [0.1, 0.15) is 23.4 Å². The first-order valence-corrected chi connectivity index (χ1v) is 12.7. The van der Waals surface area contributed by atoms with E-state index in [1.54, 1.807) is 44.2 Å². The zero-order valence-electron chi connectivity index (χ0n) is 20.6. The number of rotatable bonds is 7. The number of esters is 1. The molecule has 0 atom stereocenters. The summed E-state index contributed by atoms with van der Waals surface area (Å²) >= 11 is 7.35. The number of aromatic nitrogens is 3. The molecule has 0 aliphatic rings. The van der Waals surface area contributed by atoms with E-state index in [9.17, 15) is 14.7 Å². The van der Waals surface area contributed by atoms with Gasteiger partial charge < -0.3 is 19.1 Å². The molecule has 0 bridgehead atoms. The van der Waals surface area contributed by atoms with Gasteiger partial charge in [-0.2, -0.15) is 0 Å². The largest absolute Gasteiger partial charge is 0.490 e. The molecule has 0 saturated heterocycles. The molecule has 194 valence electrons. The molecule has 0 aliphatic heterocycles. The monoisotopic (exact) mass is 551 g/mol. The van der Waals surface area contributed by atoms with E-state index in [2.05, 4.69) is 10.1 Å². The van der Waals surface area contributed by atoms with Gasteiger partial charge in [-0.1, -0.05) is 28.9 Å². The number of carbonyl (C=O) groups excluding carboxylic acids is 1. The second-order valence-electron chi connectivity index (χ2n) is 9.15. The number of thiophene rings is 1. The van der Waals surface area contributed by atoms with Crippen molar-refractivity contribution in [3.63, 3.8) is 0 Å². The third kappa shape index (κ3) is 5.33. The number of fused-ring (bicyclic) bond motifs is 1. The quantitative estimate of drug-likeness (QED) is 0.264. The Morgan fingerprint density at radius 2 is 1.92 bits per heavy atom. The molecule has 0 fully saturated rings. The molecule has 0 aliphatic carbocycles. The minimum atomic E-state index is -1.11. The number of hydrogen-bond donors (Lipinski definition) is 1. The Bertz CT molecular complexity index is 1700. The predicted octanol–water partition coefficient (Wildman–Crippen LogP) is 5.50. The fraction of sp³-hybridized carbons (Fsp3) is 0.185. The van der Waals surface area contributed by atoms with E-state index in [0.717, 1.165) is 10.4 Å². The maximum absolute atomic E-state index is 13.5. The van der Waals surface area contributed by atoms with E-state index in [1.807, 2.05) is 18.2 Å². The van der Waals surface area contributed by atoms with E-state index in [-0.39, 0.29) is 23.6 Å². The van der Waals surface area contributed by atoms with Crippen molar-refractivity contribution in [3.8, 4) is 38.9 Å². The smallest absolute Gasteiger partial charge is 0.308 e. The van der Waals surface area contributed by atoms with Gasteiger partial charge in [-0.3, -0.25) is 14.2 Å². The lowest BCUT2D eigenvalue weighted by Crippen LogP contribution is -2.28. The molecular weight excluding hydrogens is 530 g/mol. The van der Waals surface area contributed by atoms with Gasteiger partial charge in [-0.25, -0.2) is 4.98 Å². The first-order valence-electron chi connectivity index (χ1n) is 11.5. The number of hydrogen-bond acceptors (Lipinski definition) is 9. The molecule has 11 heteroatoms. The summed E-state index contributed by atoms with van der Waals surface area (Å²) < 4.78 is 18.1. The maximum Gasteiger partial charge on any atom is 0.308 e. The molecule has 3 heterocycles. The van der Waals surface area contributed by atoms with Gasteiger partial charge in [0.25, 0.3) is 5.56 Å². The van der Waals surface area contributed by atoms with Crippen LogP contribution >= 0.6 is 22.9 Å². The Morgan fingerprint density at radius 1 is 1.16 bits per heavy atom. The highest BCUT2D eigenvalue weighted by Crippen LogP contribution is 2.38. The van der Waals surface area contributed by atoms with Crippen molar-refractivity contribution in [1.29, 1.82) is 0 Å². The van der Waals surface area contributed by atoms with Crippen molar-refractivity contribution in [2.75, 3.05) is 6.61 Å². The number of carbonyl (C=O) groups is 1. The fourth-order valence-corrected chi connectivity index (χ4v) is 4.89. The van der Waals surface area contributed by atoms with E-state index < -0.39 is 11.6 Å². The highest BCUT2D eigenvalue weighted by Gasteiger charge is 2.22. The highest BCUT2D eigenvalue weighted by atomic mass is 35.5. The summed E-state index contributed by atoms with van der Waals surface area (Å²) in [5.41, 5.74) is 1.24. The Morgan fingerprint density at radius 3 is 2.63 bits per heavy atom. The fourth-order valence-electron chi connectivity index (χ4n) is 3.72. The summed E-state index contributed by atoms with van der Waals surface area (Å²) in [7, 11) is 0. The van der Waals surface area contributed by atoms with E-state index in [0.29, 0.717) is 32.2 Å². The second kappa shape index (κ2) is 10.1. The van der Waals surface area contributed by atoms with Crippen LogP contribution in [0.4, 0.5) is 0 Å². The van der Waals surface area contributed by atoms with E-state index in [4.69, 9.17) is 25.6 Å². The molecule has 38 heavy (non-hydrogen) atoms. The van der Waals surface area contributed by atoms with Crippen LogP contribution in [0, 0.1) is 0 Å². The Hall–Kier alpha value is -3.99. The number of benzene rings is 2. The molecule has 9 nitrogen and oxygen atoms in total. The van der Waals surface area contributed by atoms with Crippen molar-refractivity contribution in [1.82, 2.24) is 14.7 Å². The third-order valence-corrected chi connectivity index (χ3v) is 6.85. The minimum Gasteiger partial charge on any atom is -0.490 e. The van der Waals surface area contributed by atoms with Crippen molar-refractivity contribution < 1.29 is 23.9 Å². The average molecular weight is 552 g/mol. The summed E-state index contributed by atoms with van der Waals surface area (Å²) in [5.74, 6) is -0.111. The topological polar surface area (TPSA) is 117 Å². The normalized spacial score (nSPS) is 11.6. The van der Waals surface area contributed by atoms with Crippen LogP contribution in [-0.4, -0.2) is 38.0 Å². The van der Waals surface area contributed by atoms with Crippen molar-refractivity contribution in [2.45, 2.75) is 26.4 Å². The van der Waals surface area contributed by atoms with Crippen LogP contribution in [0.25, 0.3) is 37.6 Å². The first kappa shape index (κ1) is 25.7. The number of halogens is 1. The molecule has 0 radical (unpaired) electrons. The molecule has 2 aromatic carbocycles. The number of nitrogens with zero attached hydrogens (tertiary/aromatic N) is 3. The van der Waals surface area contributed by atoms with Crippen LogP contribution < -0.4 is 15.0 Å². The third-order valence-electron chi connectivity index (χ3n) is 5.43. The molecule has 5 aromatic rings. The molecule has 0 spiro atoms. The SMILES string of the molecule is CC(=O)Oc1conc1-c1cc(-n2cnc3cc(-c4ccc(Cl)cc4)sc3c2=O)ccc1OCC(C)(C)O. The van der Waals surface area contributed by atoms with Gasteiger partial charge in [0.15, 0.2) is 17.7 Å². The molecule has 0 unspecified atom stereocenters. The zero-order valence-corrected chi connectivity index (χ0v) is 22.2. The standard InChI is InChI=1S/C27H22ClN3O6S/c1-15(32)37-22-12-36-30-24(22)19-10-18(8-9-21(19)35-13-27(2,3)34)31-14-29-20-11-23(38-25(20)26(31)33)16-4-6-17(28)7-5-16/h4-12,14,34H,13H2,1-3H3. The lowest BCUT2D eigenvalue weighted by molar-refractivity contribution is -0.131. The summed E-state index contributed by atoms with van der Waals surface area (Å²) in [6.07, 6.45) is 2.65. The molecule has 3 aromatic heterocycles. The van der Waals surface area contributed by atoms with Crippen LogP contribution in [0.2, 0.25) is 5.02 Å². The summed E-state index contributed by atoms with van der Waals surface area (Å²) in [6.45, 7) is 4.47.